The number of methoxy groups -OCH3 is 1. The number of likely N-dealkylation sites (N-methyl/N-ethyl adjacent to an activating group) is 1. The standard InChI is InChI=1S/C46H89N3O12Si2/c1-22-34-46(12,53)39(50)29(6)36(48-47-26(2)3)27(4)24-44(10,52)40(59-43-38(60-62(16,17)18)33(49(13)14)23-28(5)55-43)30(7)37(31(8)42(51)57-34)58-35-25-45(11,54-15)41(32(9)56-35)61-63(19,20)21/h27-35,37-41,43,50,52-53H,22-25H2,1-21H3/b48-36-/t27-,28+,29+,30+,31-,32+,33-,34-,35+,37+,38+,39-,40-,41+,43-,44-,45-,46-/m1/s1. The van der Waals surface area contributed by atoms with Crippen LogP contribution in [0.1, 0.15) is 109 Å². The molecule has 63 heavy (non-hydrogen) atoms. The lowest BCUT2D eigenvalue weighted by molar-refractivity contribution is -0.315. The Morgan fingerprint density at radius 1 is 0.857 bits per heavy atom. The van der Waals surface area contributed by atoms with Crippen LogP contribution in [0.5, 0.6) is 0 Å². The van der Waals surface area contributed by atoms with Crippen molar-refractivity contribution in [3.8, 4) is 0 Å². The van der Waals surface area contributed by atoms with E-state index in [1.54, 1.807) is 34.8 Å². The Kier molecular flexibility index (Phi) is 19.5. The minimum Gasteiger partial charge on any atom is -0.459 e. The van der Waals surface area contributed by atoms with Crippen LogP contribution in [0.15, 0.2) is 10.2 Å². The number of carbonyl (C=O) groups excluding carboxylic acids is 1. The SMILES string of the molecule is CC[C@H]1OC(=O)[C@H](C)[C@@H](O[C@H]2C[C@@](C)(OC)[C@@H](O[Si](C)(C)C)[C@H](C)O2)[C@H](C)[C@@H](O[C@H]2O[C@@H](C)C[C@@H](N(C)C)[C@@H]2O[Si](C)(C)C)[C@](C)(O)C[C@@H](C)/C(=N/N=C(C)C)[C@H](C)[C@@H](O)[C@]1(C)O. The molecule has 3 N–H and O–H groups in total. The first-order valence-electron chi connectivity index (χ1n) is 23.3. The van der Waals surface area contributed by atoms with Gasteiger partial charge in [0.1, 0.15) is 17.8 Å². The number of esters is 1. The third kappa shape index (κ3) is 14.4. The first-order valence-corrected chi connectivity index (χ1v) is 30.1. The second-order valence-corrected chi connectivity index (χ2v) is 31.0. The first-order chi connectivity index (χ1) is 28.7. The minimum atomic E-state index is -2.20. The molecule has 17 heteroatoms. The molecule has 0 unspecified atom stereocenters. The highest BCUT2D eigenvalue weighted by atomic mass is 28.4. The molecular weight excluding hydrogens is 843 g/mol. The van der Waals surface area contributed by atoms with Gasteiger partial charge in [0.05, 0.1) is 53.7 Å². The van der Waals surface area contributed by atoms with Crippen molar-refractivity contribution in [3.05, 3.63) is 0 Å². The average Bonchev–Trinajstić information content (AvgIpc) is 3.14. The van der Waals surface area contributed by atoms with Crippen LogP contribution in [0.4, 0.5) is 0 Å². The normalized spacial score (nSPS) is 43.7. The fourth-order valence-electron chi connectivity index (χ4n) is 9.88. The van der Waals surface area contributed by atoms with Gasteiger partial charge in [-0.25, -0.2) is 0 Å². The molecule has 0 aromatic rings. The van der Waals surface area contributed by atoms with Crippen molar-refractivity contribution in [3.63, 3.8) is 0 Å². The molecule has 0 aliphatic carbocycles. The van der Waals surface area contributed by atoms with Crippen molar-refractivity contribution < 1.29 is 57.4 Å². The molecular formula is C46H89N3O12Si2. The van der Waals surface area contributed by atoms with E-state index in [1.165, 1.54) is 6.92 Å². The molecule has 0 aromatic heterocycles. The van der Waals surface area contributed by atoms with Crippen molar-refractivity contribution in [1.82, 2.24) is 4.90 Å². The van der Waals surface area contributed by atoms with Crippen LogP contribution >= 0.6 is 0 Å². The summed E-state index contributed by atoms with van der Waals surface area (Å²) in [5.41, 5.74) is -3.21. The molecule has 0 radical (unpaired) electrons. The summed E-state index contributed by atoms with van der Waals surface area (Å²) in [4.78, 5) is 16.8. The number of aliphatic hydroxyl groups excluding tert-OH is 1. The Morgan fingerprint density at radius 3 is 1.95 bits per heavy atom. The van der Waals surface area contributed by atoms with Gasteiger partial charge in [0.15, 0.2) is 29.2 Å². The lowest BCUT2D eigenvalue weighted by Gasteiger charge is -2.51. The number of rotatable bonds is 12. The number of nitrogens with zero attached hydrogens (tertiary/aromatic N) is 3. The zero-order valence-electron chi connectivity index (χ0n) is 42.8. The highest BCUT2D eigenvalue weighted by Gasteiger charge is 2.54. The Hall–Kier alpha value is -1.20. The summed E-state index contributed by atoms with van der Waals surface area (Å²) < 4.78 is 53.5. The molecule has 0 amide bonds. The lowest BCUT2D eigenvalue weighted by atomic mass is 9.73. The average molecular weight is 932 g/mol. The van der Waals surface area contributed by atoms with E-state index in [-0.39, 0.29) is 37.5 Å². The predicted octanol–water partition coefficient (Wildman–Crippen LogP) is 6.77. The summed E-state index contributed by atoms with van der Waals surface area (Å²) in [6.07, 6.45) is -6.59. The van der Waals surface area contributed by atoms with E-state index in [0.717, 1.165) is 0 Å². The van der Waals surface area contributed by atoms with E-state index in [4.69, 9.17) is 37.3 Å². The highest BCUT2D eigenvalue weighted by Crippen LogP contribution is 2.42. The Morgan fingerprint density at radius 2 is 1.44 bits per heavy atom. The summed E-state index contributed by atoms with van der Waals surface area (Å²) >= 11 is 0. The predicted molar refractivity (Wildman–Crippen MR) is 252 cm³/mol. The molecule has 0 spiro atoms. The van der Waals surface area contributed by atoms with Crippen molar-refractivity contribution in [2.75, 3.05) is 21.2 Å². The molecule has 0 bridgehead atoms. The molecule has 3 fully saturated rings. The van der Waals surface area contributed by atoms with Crippen LogP contribution in [0, 0.1) is 23.7 Å². The zero-order chi connectivity index (χ0) is 48.4. The van der Waals surface area contributed by atoms with Gasteiger partial charge >= 0.3 is 5.97 Å². The maximum absolute atomic E-state index is 14.6. The number of ether oxygens (including phenoxy) is 6. The van der Waals surface area contributed by atoms with Gasteiger partial charge in [0, 0.05) is 42.8 Å². The number of aliphatic hydroxyl groups is 3. The second kappa shape index (κ2) is 21.8. The van der Waals surface area contributed by atoms with Crippen LogP contribution < -0.4 is 0 Å². The van der Waals surface area contributed by atoms with Crippen LogP contribution in [-0.2, 0) is 42.1 Å². The van der Waals surface area contributed by atoms with Crippen molar-refractivity contribution >= 4 is 34.0 Å². The topological polar surface area (TPSA) is 180 Å². The van der Waals surface area contributed by atoms with Crippen molar-refractivity contribution in [2.45, 2.75) is 232 Å². The number of hydrogen-bond donors (Lipinski definition) is 3. The van der Waals surface area contributed by atoms with Gasteiger partial charge in [0.2, 0.25) is 0 Å². The molecule has 15 nitrogen and oxygen atoms in total. The Balaban J connectivity index is 2.34. The van der Waals surface area contributed by atoms with Gasteiger partial charge in [-0.2, -0.15) is 10.2 Å². The maximum Gasteiger partial charge on any atom is 0.311 e. The number of carbonyl (C=O) groups is 1. The van der Waals surface area contributed by atoms with E-state index in [0.29, 0.717) is 17.8 Å². The Labute approximate surface area is 382 Å². The summed E-state index contributed by atoms with van der Waals surface area (Å²) in [5, 5.41) is 46.2. The van der Waals surface area contributed by atoms with E-state index in [2.05, 4.69) is 54.4 Å². The van der Waals surface area contributed by atoms with Crippen molar-refractivity contribution in [2.24, 2.45) is 33.9 Å². The molecule has 3 heterocycles. The van der Waals surface area contributed by atoms with E-state index < -0.39 is 112 Å². The van der Waals surface area contributed by atoms with Gasteiger partial charge in [-0.1, -0.05) is 27.7 Å². The van der Waals surface area contributed by atoms with Crippen LogP contribution in [0.3, 0.4) is 0 Å². The molecule has 3 aliphatic rings. The number of cyclic esters (lactones) is 1. The summed E-state index contributed by atoms with van der Waals surface area (Å²) in [7, 11) is 1.46. The van der Waals surface area contributed by atoms with Gasteiger partial charge in [-0.15, -0.1) is 0 Å². The molecule has 0 saturated carbocycles. The summed E-state index contributed by atoms with van der Waals surface area (Å²) in [6.45, 7) is 34.7. The molecule has 3 aliphatic heterocycles. The summed E-state index contributed by atoms with van der Waals surface area (Å²) in [6, 6.07) is -0.0609. The molecule has 0 aromatic carbocycles. The quantitative estimate of drug-likeness (QED) is 0.0809. The monoisotopic (exact) mass is 932 g/mol. The third-order valence-corrected chi connectivity index (χ3v) is 15.1. The Bertz CT molecular complexity index is 1550. The van der Waals surface area contributed by atoms with Gasteiger partial charge in [0.25, 0.3) is 0 Å². The maximum atomic E-state index is 14.6. The van der Waals surface area contributed by atoms with Crippen LogP contribution in [0.2, 0.25) is 39.3 Å². The van der Waals surface area contributed by atoms with E-state index >= 15 is 0 Å². The lowest BCUT2D eigenvalue weighted by Crippen LogP contribution is -2.62. The van der Waals surface area contributed by atoms with Crippen LogP contribution in [-0.4, -0.2) is 160 Å². The van der Waals surface area contributed by atoms with Gasteiger partial charge < -0.3 is 57.5 Å². The fraction of sp³-hybridized carbons (Fsp3) is 0.935. The smallest absolute Gasteiger partial charge is 0.311 e. The molecule has 3 rings (SSSR count). The third-order valence-electron chi connectivity index (χ3n) is 13.1. The summed E-state index contributed by atoms with van der Waals surface area (Å²) in [5.74, 6) is -3.63. The number of hydrogen-bond acceptors (Lipinski definition) is 15. The molecule has 18 atom stereocenters. The van der Waals surface area contributed by atoms with Gasteiger partial charge in [-0.05, 0) is 134 Å². The molecule has 368 valence electrons. The van der Waals surface area contributed by atoms with E-state index in [9.17, 15) is 20.1 Å². The fourth-order valence-corrected chi connectivity index (χ4v) is 12.2. The largest absolute Gasteiger partial charge is 0.459 e. The molecule has 3 saturated heterocycles. The second-order valence-electron chi connectivity index (χ2n) is 22.1. The first kappa shape index (κ1) is 56.1. The van der Waals surface area contributed by atoms with Crippen LogP contribution in [0.25, 0.3) is 0 Å². The van der Waals surface area contributed by atoms with E-state index in [1.807, 2.05) is 62.6 Å². The zero-order valence-corrected chi connectivity index (χ0v) is 44.8. The van der Waals surface area contributed by atoms with Crippen molar-refractivity contribution in [1.29, 1.82) is 0 Å². The highest BCUT2D eigenvalue weighted by molar-refractivity contribution is 6.70. The van der Waals surface area contributed by atoms with Gasteiger partial charge in [-0.3, -0.25) is 4.79 Å². The minimum absolute atomic E-state index is 0.0609.